The van der Waals surface area contributed by atoms with Crippen LogP contribution in [0, 0.1) is 0 Å². The number of fused-ring (bicyclic) bond motifs is 1. The Balaban J connectivity index is 0.00000272. The molecule has 31 heavy (non-hydrogen) atoms. The first-order valence-corrected chi connectivity index (χ1v) is 10.6. The van der Waals surface area contributed by atoms with E-state index in [0.29, 0.717) is 38.8 Å². The molecule has 2 aliphatic rings. The first-order valence-electron chi connectivity index (χ1n) is 10.6. The molecule has 1 atom stereocenters. The number of piperidine rings is 1. The van der Waals surface area contributed by atoms with Crippen LogP contribution < -0.4 is 5.32 Å². The van der Waals surface area contributed by atoms with Crippen LogP contribution in [-0.4, -0.2) is 47.8 Å². The summed E-state index contributed by atoms with van der Waals surface area (Å²) in [6.45, 7) is 2.57. The van der Waals surface area contributed by atoms with Crippen molar-refractivity contribution in [1.82, 2.24) is 4.90 Å². The van der Waals surface area contributed by atoms with Crippen molar-refractivity contribution in [2.24, 2.45) is 0 Å². The monoisotopic (exact) mass is 446 g/mol. The molecule has 6 nitrogen and oxygen atoms in total. The zero-order chi connectivity index (χ0) is 21.1. The van der Waals surface area contributed by atoms with Crippen LogP contribution in [0.25, 0.3) is 0 Å². The van der Waals surface area contributed by atoms with Gasteiger partial charge in [0.1, 0.15) is 0 Å². The quantitative estimate of drug-likeness (QED) is 0.635. The van der Waals surface area contributed by atoms with Crippen molar-refractivity contribution in [3.63, 3.8) is 0 Å². The van der Waals surface area contributed by atoms with E-state index in [1.165, 1.54) is 0 Å². The number of nitrogens with one attached hydrogen (secondary N) is 1. The molecule has 4 rings (SSSR count). The highest BCUT2D eigenvalue weighted by Gasteiger charge is 2.34. The number of halogens is 1. The van der Waals surface area contributed by atoms with Gasteiger partial charge in [0, 0.05) is 38.9 Å². The van der Waals surface area contributed by atoms with E-state index in [1.807, 2.05) is 42.5 Å². The number of aliphatic hydroxyl groups is 2. The van der Waals surface area contributed by atoms with Crippen LogP contribution in [0.5, 0.6) is 0 Å². The maximum atomic E-state index is 11.5. The van der Waals surface area contributed by atoms with E-state index in [1.54, 1.807) is 7.11 Å². The molecule has 3 N–H and O–H groups in total. The molecule has 1 fully saturated rings. The van der Waals surface area contributed by atoms with Gasteiger partial charge in [-0.05, 0) is 47.6 Å². The van der Waals surface area contributed by atoms with Crippen molar-refractivity contribution in [2.45, 2.75) is 44.0 Å². The summed E-state index contributed by atoms with van der Waals surface area (Å²) in [7, 11) is 1.67. The lowest BCUT2D eigenvalue weighted by molar-refractivity contribution is -0.116. The van der Waals surface area contributed by atoms with Crippen LogP contribution >= 0.6 is 12.4 Å². The van der Waals surface area contributed by atoms with Crippen molar-refractivity contribution < 1.29 is 19.7 Å². The number of nitrogens with zero attached hydrogens (tertiary/aromatic N) is 1. The van der Waals surface area contributed by atoms with Gasteiger partial charge in [-0.2, -0.15) is 0 Å². The molecule has 2 aromatic carbocycles. The summed E-state index contributed by atoms with van der Waals surface area (Å²) in [6.07, 6.45) is 1.89. The standard InChI is InChI=1S/C24H30N2O4.ClH/c1-30-16-17-2-6-20(7-3-17)24(29)10-12-26(13-11-24)15-22(27)19-4-8-21-18(14-19)5-9-23(28)25-21;/h2-4,6-8,14,22,27,29H,5,9-13,15-16H2,1H3,(H,25,28);1H. The average molecular weight is 447 g/mol. The highest BCUT2D eigenvalue weighted by Crippen LogP contribution is 2.34. The first-order chi connectivity index (χ1) is 14.5. The number of anilines is 1. The number of ether oxygens (including phenoxy) is 1. The molecule has 2 aromatic rings. The molecule has 0 spiro atoms. The summed E-state index contributed by atoms with van der Waals surface area (Å²) in [5, 5.41) is 24.8. The average Bonchev–Trinajstić information content (AvgIpc) is 2.76. The second-order valence-electron chi connectivity index (χ2n) is 8.44. The minimum atomic E-state index is -0.822. The molecule has 2 heterocycles. The van der Waals surface area contributed by atoms with Crippen LogP contribution in [0.2, 0.25) is 0 Å². The number of aryl methyl sites for hydroxylation is 1. The Morgan fingerprint density at radius 2 is 1.84 bits per heavy atom. The lowest BCUT2D eigenvalue weighted by atomic mass is 9.84. The van der Waals surface area contributed by atoms with Gasteiger partial charge in [-0.3, -0.25) is 4.79 Å². The van der Waals surface area contributed by atoms with Gasteiger partial charge in [0.2, 0.25) is 5.91 Å². The smallest absolute Gasteiger partial charge is 0.224 e. The lowest BCUT2D eigenvalue weighted by Gasteiger charge is -2.39. The molecule has 0 saturated carbocycles. The van der Waals surface area contributed by atoms with Crippen molar-refractivity contribution >= 4 is 24.0 Å². The van der Waals surface area contributed by atoms with E-state index in [0.717, 1.165) is 41.0 Å². The fourth-order valence-corrected chi connectivity index (χ4v) is 4.43. The minimum absolute atomic E-state index is 0. The second-order valence-corrected chi connectivity index (χ2v) is 8.44. The van der Waals surface area contributed by atoms with Crippen molar-refractivity contribution in [3.05, 3.63) is 64.7 Å². The summed E-state index contributed by atoms with van der Waals surface area (Å²) in [5.74, 6) is 0.0462. The SMILES string of the molecule is COCc1ccc(C2(O)CCN(CC(O)c3ccc4c(c3)CCC(=O)N4)CC2)cc1.Cl. The van der Waals surface area contributed by atoms with Crippen molar-refractivity contribution in [2.75, 3.05) is 32.1 Å². The van der Waals surface area contributed by atoms with Crippen LogP contribution in [0.4, 0.5) is 5.69 Å². The van der Waals surface area contributed by atoms with Gasteiger partial charge in [0.05, 0.1) is 18.3 Å². The normalized spacial score (nSPS) is 19.1. The number of hydrogen-bond acceptors (Lipinski definition) is 5. The molecule has 2 aliphatic heterocycles. The third-order valence-electron chi connectivity index (χ3n) is 6.33. The van der Waals surface area contributed by atoms with Gasteiger partial charge in [-0.25, -0.2) is 0 Å². The Morgan fingerprint density at radius 1 is 1.13 bits per heavy atom. The number of hydrogen-bond donors (Lipinski definition) is 3. The molecule has 1 unspecified atom stereocenters. The summed E-state index contributed by atoms with van der Waals surface area (Å²) < 4.78 is 5.15. The highest BCUT2D eigenvalue weighted by atomic mass is 35.5. The van der Waals surface area contributed by atoms with Gasteiger partial charge in [0.15, 0.2) is 0 Å². The molecule has 7 heteroatoms. The molecular formula is C24H31ClN2O4. The molecule has 168 valence electrons. The van der Waals surface area contributed by atoms with E-state index in [4.69, 9.17) is 4.74 Å². The number of methoxy groups -OCH3 is 1. The summed E-state index contributed by atoms with van der Waals surface area (Å²) in [4.78, 5) is 13.7. The molecule has 0 radical (unpaired) electrons. The first kappa shape index (κ1) is 23.7. The summed E-state index contributed by atoms with van der Waals surface area (Å²) >= 11 is 0. The van der Waals surface area contributed by atoms with Crippen LogP contribution in [-0.2, 0) is 28.2 Å². The number of benzene rings is 2. The minimum Gasteiger partial charge on any atom is -0.387 e. The lowest BCUT2D eigenvalue weighted by Crippen LogP contribution is -2.44. The third-order valence-corrected chi connectivity index (χ3v) is 6.33. The Hall–Kier alpha value is -1.96. The van der Waals surface area contributed by atoms with Gasteiger partial charge >= 0.3 is 0 Å². The molecular weight excluding hydrogens is 416 g/mol. The van der Waals surface area contributed by atoms with Gasteiger partial charge in [-0.1, -0.05) is 36.4 Å². The molecule has 1 saturated heterocycles. The number of rotatable bonds is 6. The maximum absolute atomic E-state index is 11.5. The second kappa shape index (κ2) is 10.1. The maximum Gasteiger partial charge on any atom is 0.224 e. The van der Waals surface area contributed by atoms with E-state index in [9.17, 15) is 15.0 Å². The Labute approximate surface area is 189 Å². The number of carbonyl (C=O) groups excluding carboxylic acids is 1. The Morgan fingerprint density at radius 3 is 2.52 bits per heavy atom. The Kier molecular flexibility index (Phi) is 7.73. The van der Waals surface area contributed by atoms with Gasteiger partial charge in [-0.15, -0.1) is 12.4 Å². The van der Waals surface area contributed by atoms with E-state index >= 15 is 0 Å². The van der Waals surface area contributed by atoms with Crippen molar-refractivity contribution in [3.8, 4) is 0 Å². The van der Waals surface area contributed by atoms with E-state index in [-0.39, 0.29) is 18.3 Å². The summed E-state index contributed by atoms with van der Waals surface area (Å²) in [5.41, 5.74) is 4.02. The zero-order valence-electron chi connectivity index (χ0n) is 17.8. The number of aliphatic hydroxyl groups excluding tert-OH is 1. The fourth-order valence-electron chi connectivity index (χ4n) is 4.43. The van der Waals surface area contributed by atoms with Crippen LogP contribution in [0.15, 0.2) is 42.5 Å². The number of β-amino-alcohol motifs (C(OH)–C–C–N with tert-alkyl or cyclic N) is 1. The highest BCUT2D eigenvalue weighted by molar-refractivity contribution is 5.93. The fraction of sp³-hybridized carbons (Fsp3) is 0.458. The number of carbonyl (C=O) groups is 1. The summed E-state index contributed by atoms with van der Waals surface area (Å²) in [6, 6.07) is 13.8. The van der Waals surface area contributed by atoms with E-state index in [2.05, 4.69) is 10.2 Å². The van der Waals surface area contributed by atoms with Crippen LogP contribution in [0.1, 0.15) is 47.6 Å². The molecule has 0 aromatic heterocycles. The third kappa shape index (κ3) is 5.45. The van der Waals surface area contributed by atoms with Crippen LogP contribution in [0.3, 0.4) is 0 Å². The zero-order valence-corrected chi connectivity index (χ0v) is 18.7. The Bertz CT molecular complexity index is 895. The van der Waals surface area contributed by atoms with Gasteiger partial charge < -0.3 is 25.2 Å². The molecule has 0 aliphatic carbocycles. The predicted molar refractivity (Wildman–Crippen MR) is 122 cm³/mol. The largest absolute Gasteiger partial charge is 0.387 e. The topological polar surface area (TPSA) is 82.0 Å². The molecule has 0 bridgehead atoms. The van der Waals surface area contributed by atoms with Gasteiger partial charge in [0.25, 0.3) is 0 Å². The number of likely N-dealkylation sites (tertiary alicyclic amines) is 1. The van der Waals surface area contributed by atoms with E-state index < -0.39 is 11.7 Å². The van der Waals surface area contributed by atoms with Crippen molar-refractivity contribution in [1.29, 1.82) is 0 Å². The molecule has 1 amide bonds. The number of amides is 1. The predicted octanol–water partition coefficient (Wildman–Crippen LogP) is 3.16.